The van der Waals surface area contributed by atoms with Gasteiger partial charge in [0.25, 0.3) is 0 Å². The van der Waals surface area contributed by atoms with E-state index in [1.165, 1.54) is 0 Å². The van der Waals surface area contributed by atoms with Gasteiger partial charge in [-0.1, -0.05) is 19.1 Å². The lowest BCUT2D eigenvalue weighted by Crippen LogP contribution is -2.21. The van der Waals surface area contributed by atoms with Gasteiger partial charge in [-0.25, -0.2) is 10.8 Å². The Bertz CT molecular complexity index is 546. The number of nitrogen functional groups attached to an aromatic ring is 1. The summed E-state index contributed by atoms with van der Waals surface area (Å²) in [4.78, 5) is 8.65. The summed E-state index contributed by atoms with van der Waals surface area (Å²) in [5.74, 6) is 6.50. The van der Waals surface area contributed by atoms with Crippen LogP contribution in [-0.4, -0.2) is 27.7 Å². The Morgan fingerprint density at radius 2 is 2.11 bits per heavy atom. The van der Waals surface area contributed by atoms with Crippen molar-refractivity contribution in [1.29, 1.82) is 0 Å². The van der Waals surface area contributed by atoms with E-state index in [0.717, 1.165) is 23.1 Å². The monoisotopic (exact) mass is 261 g/mol. The van der Waals surface area contributed by atoms with E-state index >= 15 is 0 Å². The summed E-state index contributed by atoms with van der Waals surface area (Å²) in [6.07, 6.45) is 1.59. The first-order valence-electron chi connectivity index (χ1n) is 6.39. The van der Waals surface area contributed by atoms with Crippen LogP contribution in [0.15, 0.2) is 24.3 Å². The molecule has 19 heavy (non-hydrogen) atoms. The van der Waals surface area contributed by atoms with Crippen LogP contribution >= 0.6 is 0 Å². The zero-order chi connectivity index (χ0) is 13.7. The van der Waals surface area contributed by atoms with E-state index in [0.29, 0.717) is 12.4 Å². The fourth-order valence-corrected chi connectivity index (χ4v) is 1.98. The number of aromatic nitrogens is 2. The zero-order valence-corrected chi connectivity index (χ0v) is 10.9. The van der Waals surface area contributed by atoms with Crippen LogP contribution in [-0.2, 0) is 0 Å². The fourth-order valence-electron chi connectivity index (χ4n) is 1.98. The summed E-state index contributed by atoms with van der Waals surface area (Å²) in [5, 5.41) is 13.3. The van der Waals surface area contributed by atoms with Crippen molar-refractivity contribution in [3.8, 4) is 0 Å². The molecule has 1 atom stereocenters. The van der Waals surface area contributed by atoms with Gasteiger partial charge in [0.15, 0.2) is 0 Å². The molecule has 0 saturated heterocycles. The number of rotatable bonds is 6. The molecule has 102 valence electrons. The number of benzene rings is 1. The minimum absolute atomic E-state index is 0.149. The summed E-state index contributed by atoms with van der Waals surface area (Å²) in [6, 6.07) is 7.91. The van der Waals surface area contributed by atoms with Crippen LogP contribution in [0, 0.1) is 0 Å². The average molecular weight is 261 g/mol. The summed E-state index contributed by atoms with van der Waals surface area (Å²) >= 11 is 0. The molecule has 0 radical (unpaired) electrons. The number of fused-ring (bicyclic) bond motifs is 1. The maximum absolute atomic E-state index is 9.05. The Morgan fingerprint density at radius 1 is 1.32 bits per heavy atom. The van der Waals surface area contributed by atoms with Gasteiger partial charge >= 0.3 is 0 Å². The molecule has 1 heterocycles. The Labute approximate surface area is 112 Å². The molecule has 1 unspecified atom stereocenters. The van der Waals surface area contributed by atoms with Crippen LogP contribution in [0.3, 0.4) is 0 Å². The maximum atomic E-state index is 9.05. The number of hydrazine groups is 1. The molecule has 0 aliphatic carbocycles. The first-order valence-corrected chi connectivity index (χ1v) is 6.39. The molecule has 0 bridgehead atoms. The second kappa shape index (κ2) is 6.31. The molecule has 0 fully saturated rings. The normalized spacial score (nSPS) is 12.4. The van der Waals surface area contributed by atoms with Gasteiger partial charge in [-0.3, -0.25) is 5.43 Å². The van der Waals surface area contributed by atoms with Gasteiger partial charge in [-0.15, -0.1) is 0 Å². The summed E-state index contributed by atoms with van der Waals surface area (Å²) in [7, 11) is 0. The number of anilines is 2. The Kier molecular flexibility index (Phi) is 4.48. The molecular formula is C13H19N5O. The molecule has 0 amide bonds. The third-order valence-corrected chi connectivity index (χ3v) is 3.04. The molecule has 0 aliphatic rings. The molecule has 6 nitrogen and oxygen atoms in total. The van der Waals surface area contributed by atoms with E-state index in [9.17, 15) is 0 Å². The number of nitrogens with two attached hydrogens (primary N) is 1. The van der Waals surface area contributed by atoms with Gasteiger partial charge < -0.3 is 10.4 Å². The summed E-state index contributed by atoms with van der Waals surface area (Å²) in [6.45, 7) is 2.22. The van der Waals surface area contributed by atoms with Crippen molar-refractivity contribution in [1.82, 2.24) is 9.97 Å². The van der Waals surface area contributed by atoms with Crippen molar-refractivity contribution in [2.24, 2.45) is 5.84 Å². The van der Waals surface area contributed by atoms with Crippen LogP contribution in [0.1, 0.15) is 19.8 Å². The average Bonchev–Trinajstić information content (AvgIpc) is 2.46. The van der Waals surface area contributed by atoms with E-state index in [4.69, 9.17) is 10.9 Å². The predicted molar refractivity (Wildman–Crippen MR) is 76.8 cm³/mol. The minimum atomic E-state index is 0.149. The van der Waals surface area contributed by atoms with E-state index in [1.54, 1.807) is 0 Å². The highest BCUT2D eigenvalue weighted by atomic mass is 16.3. The highest BCUT2D eigenvalue weighted by Crippen LogP contribution is 2.22. The maximum Gasteiger partial charge on any atom is 0.239 e. The molecule has 0 spiro atoms. The summed E-state index contributed by atoms with van der Waals surface area (Å²) < 4.78 is 0. The molecular weight excluding hydrogens is 242 g/mol. The van der Waals surface area contributed by atoms with E-state index < -0.39 is 0 Å². The summed E-state index contributed by atoms with van der Waals surface area (Å²) in [5.41, 5.74) is 3.30. The number of aliphatic hydroxyl groups is 1. The molecule has 6 heteroatoms. The second-order valence-electron chi connectivity index (χ2n) is 4.32. The van der Waals surface area contributed by atoms with Gasteiger partial charge in [0, 0.05) is 18.0 Å². The van der Waals surface area contributed by atoms with E-state index in [-0.39, 0.29) is 12.6 Å². The van der Waals surface area contributed by atoms with Gasteiger partial charge in [-0.05, 0) is 25.0 Å². The standard InChI is InChI=1S/C13H19N5O/c1-2-9(7-8-19)15-12-10-5-3-4-6-11(10)16-13(17-12)18-14/h3-6,9,19H,2,7-8,14H2,1H3,(H2,15,16,17,18). The first kappa shape index (κ1) is 13.5. The quantitative estimate of drug-likeness (QED) is 0.465. The Hall–Kier alpha value is -1.92. The Balaban J connectivity index is 2.39. The lowest BCUT2D eigenvalue weighted by Gasteiger charge is -2.18. The lowest BCUT2D eigenvalue weighted by molar-refractivity contribution is 0.278. The molecule has 0 aliphatic heterocycles. The van der Waals surface area contributed by atoms with E-state index in [2.05, 4.69) is 27.6 Å². The lowest BCUT2D eigenvalue weighted by atomic mass is 10.1. The second-order valence-corrected chi connectivity index (χ2v) is 4.32. The van der Waals surface area contributed by atoms with Crippen LogP contribution in [0.5, 0.6) is 0 Å². The van der Waals surface area contributed by atoms with Crippen molar-refractivity contribution in [2.45, 2.75) is 25.8 Å². The number of hydrogen-bond acceptors (Lipinski definition) is 6. The van der Waals surface area contributed by atoms with Gasteiger partial charge in [0.1, 0.15) is 5.82 Å². The van der Waals surface area contributed by atoms with Gasteiger partial charge in [-0.2, -0.15) is 4.98 Å². The number of aliphatic hydroxyl groups excluding tert-OH is 1. The largest absolute Gasteiger partial charge is 0.396 e. The third kappa shape index (κ3) is 3.10. The first-order chi connectivity index (χ1) is 9.28. The van der Waals surface area contributed by atoms with Crippen LogP contribution < -0.4 is 16.6 Å². The fraction of sp³-hybridized carbons (Fsp3) is 0.385. The van der Waals surface area contributed by atoms with Crippen molar-refractivity contribution < 1.29 is 5.11 Å². The topological polar surface area (TPSA) is 96.1 Å². The van der Waals surface area contributed by atoms with Crippen molar-refractivity contribution in [3.63, 3.8) is 0 Å². The highest BCUT2D eigenvalue weighted by Gasteiger charge is 2.11. The SMILES string of the molecule is CCC(CCO)Nc1nc(NN)nc2ccccc12. The van der Waals surface area contributed by atoms with Gasteiger partial charge in [0.2, 0.25) is 5.95 Å². The van der Waals surface area contributed by atoms with Crippen molar-refractivity contribution >= 4 is 22.7 Å². The van der Waals surface area contributed by atoms with Crippen LogP contribution in [0.4, 0.5) is 11.8 Å². The smallest absolute Gasteiger partial charge is 0.239 e. The molecule has 2 aromatic rings. The number of nitrogens with one attached hydrogen (secondary N) is 2. The van der Waals surface area contributed by atoms with Gasteiger partial charge in [0.05, 0.1) is 5.52 Å². The molecule has 0 saturated carbocycles. The number of nitrogens with zero attached hydrogens (tertiary/aromatic N) is 2. The number of hydrogen-bond donors (Lipinski definition) is 4. The molecule has 1 aromatic heterocycles. The predicted octanol–water partition coefficient (Wildman–Crippen LogP) is 1.49. The van der Waals surface area contributed by atoms with Crippen LogP contribution in [0.25, 0.3) is 10.9 Å². The molecule has 5 N–H and O–H groups in total. The van der Waals surface area contributed by atoms with Crippen molar-refractivity contribution in [2.75, 3.05) is 17.3 Å². The Morgan fingerprint density at radius 3 is 2.79 bits per heavy atom. The molecule has 2 rings (SSSR count). The third-order valence-electron chi connectivity index (χ3n) is 3.04. The van der Waals surface area contributed by atoms with E-state index in [1.807, 2.05) is 24.3 Å². The molecule has 1 aromatic carbocycles. The zero-order valence-electron chi connectivity index (χ0n) is 10.9. The number of para-hydroxylation sites is 1. The van der Waals surface area contributed by atoms with Crippen LogP contribution in [0.2, 0.25) is 0 Å². The minimum Gasteiger partial charge on any atom is -0.396 e. The van der Waals surface area contributed by atoms with Crippen molar-refractivity contribution in [3.05, 3.63) is 24.3 Å². The highest BCUT2D eigenvalue weighted by molar-refractivity contribution is 5.90.